The summed E-state index contributed by atoms with van der Waals surface area (Å²) in [7, 11) is 1.60. The number of benzene rings is 1. The van der Waals surface area contributed by atoms with Crippen molar-refractivity contribution in [1.82, 2.24) is 0 Å². The predicted octanol–water partition coefficient (Wildman–Crippen LogP) is 2.72. The third kappa shape index (κ3) is 7.04. The molecular formula is C15H20O5S. The molecule has 1 aromatic carbocycles. The lowest BCUT2D eigenvalue weighted by atomic mass is 10.2. The molecule has 6 heteroatoms. The number of rotatable bonds is 9. The maximum absolute atomic E-state index is 11.5. The van der Waals surface area contributed by atoms with E-state index in [1.807, 2.05) is 24.3 Å². The number of carbonyl (C=O) groups is 2. The monoisotopic (exact) mass is 312 g/mol. The van der Waals surface area contributed by atoms with E-state index in [1.165, 1.54) is 11.8 Å². The minimum atomic E-state index is -0.911. The van der Waals surface area contributed by atoms with Crippen LogP contribution in [0.3, 0.4) is 0 Å². The van der Waals surface area contributed by atoms with Gasteiger partial charge in [0.05, 0.1) is 26.6 Å². The van der Waals surface area contributed by atoms with Gasteiger partial charge in [0.1, 0.15) is 5.75 Å². The topological polar surface area (TPSA) is 72.8 Å². The highest BCUT2D eigenvalue weighted by molar-refractivity contribution is 7.99. The van der Waals surface area contributed by atoms with Crippen LogP contribution in [0.5, 0.6) is 5.75 Å². The molecule has 0 bridgehead atoms. The number of esters is 1. The van der Waals surface area contributed by atoms with Gasteiger partial charge in [0.2, 0.25) is 0 Å². The quantitative estimate of drug-likeness (QED) is 0.707. The maximum Gasteiger partial charge on any atom is 0.306 e. The van der Waals surface area contributed by atoms with E-state index in [2.05, 4.69) is 0 Å². The molecule has 1 rings (SSSR count). The van der Waals surface area contributed by atoms with Gasteiger partial charge in [0.15, 0.2) is 0 Å². The second-order valence-corrected chi connectivity index (χ2v) is 5.68. The van der Waals surface area contributed by atoms with Crippen LogP contribution in [0.2, 0.25) is 0 Å². The van der Waals surface area contributed by atoms with E-state index in [0.717, 1.165) is 11.3 Å². The second-order valence-electron chi connectivity index (χ2n) is 4.39. The van der Waals surface area contributed by atoms with Crippen LogP contribution in [-0.2, 0) is 20.1 Å². The van der Waals surface area contributed by atoms with E-state index < -0.39 is 5.97 Å². The normalized spacial score (nSPS) is 11.7. The minimum Gasteiger partial charge on any atom is -0.497 e. The molecule has 0 aliphatic heterocycles. The fourth-order valence-corrected chi connectivity index (χ4v) is 2.86. The molecule has 0 heterocycles. The van der Waals surface area contributed by atoms with Crippen LogP contribution < -0.4 is 4.74 Å². The van der Waals surface area contributed by atoms with Crippen molar-refractivity contribution in [2.45, 2.75) is 30.8 Å². The molecule has 1 aromatic rings. The van der Waals surface area contributed by atoms with E-state index in [0.29, 0.717) is 12.4 Å². The number of carbonyl (C=O) groups excluding carboxylic acids is 1. The van der Waals surface area contributed by atoms with Crippen molar-refractivity contribution in [1.29, 1.82) is 0 Å². The minimum absolute atomic E-state index is 0.0559. The smallest absolute Gasteiger partial charge is 0.306 e. The molecule has 5 nitrogen and oxygen atoms in total. The molecule has 1 N–H and O–H groups in total. The number of hydrogen-bond donors (Lipinski definition) is 1. The van der Waals surface area contributed by atoms with Crippen molar-refractivity contribution in [3.8, 4) is 5.75 Å². The number of ether oxygens (including phenoxy) is 2. The van der Waals surface area contributed by atoms with Crippen molar-refractivity contribution in [2.75, 3.05) is 13.7 Å². The van der Waals surface area contributed by atoms with Gasteiger partial charge in [-0.2, -0.15) is 11.8 Å². The van der Waals surface area contributed by atoms with Crippen LogP contribution >= 0.6 is 11.8 Å². The molecular weight excluding hydrogens is 292 g/mol. The molecule has 0 radical (unpaired) electrons. The summed E-state index contributed by atoms with van der Waals surface area (Å²) in [5.41, 5.74) is 1.06. The molecule has 1 atom stereocenters. The Morgan fingerprint density at radius 3 is 2.43 bits per heavy atom. The van der Waals surface area contributed by atoms with Gasteiger partial charge in [-0.25, -0.2) is 0 Å². The molecule has 116 valence electrons. The Bertz CT molecular complexity index is 458. The number of methoxy groups -OCH3 is 1. The first-order chi connectivity index (χ1) is 10.0. The van der Waals surface area contributed by atoms with E-state index in [1.54, 1.807) is 14.0 Å². The van der Waals surface area contributed by atoms with Crippen LogP contribution in [0, 0.1) is 0 Å². The first kappa shape index (κ1) is 17.4. The van der Waals surface area contributed by atoms with Crippen molar-refractivity contribution in [3.63, 3.8) is 0 Å². The number of carboxylic acids is 1. The summed E-state index contributed by atoms with van der Waals surface area (Å²) in [5, 5.41) is 8.62. The van der Waals surface area contributed by atoms with Gasteiger partial charge in [-0.15, -0.1) is 0 Å². The second kappa shape index (κ2) is 9.28. The SMILES string of the molecule is CCOC(=O)C[C@@H](CC(=O)O)SCc1ccc(OC)cc1. The van der Waals surface area contributed by atoms with Gasteiger partial charge in [-0.3, -0.25) is 9.59 Å². The third-order valence-corrected chi connectivity index (χ3v) is 4.05. The fourth-order valence-electron chi connectivity index (χ4n) is 1.73. The molecule has 0 saturated carbocycles. The van der Waals surface area contributed by atoms with E-state index in [4.69, 9.17) is 14.6 Å². The number of hydrogen-bond acceptors (Lipinski definition) is 5. The highest BCUT2D eigenvalue weighted by Crippen LogP contribution is 2.24. The Labute approximate surface area is 128 Å². The molecule has 0 fully saturated rings. The summed E-state index contributed by atoms with van der Waals surface area (Å²) in [6.45, 7) is 2.04. The van der Waals surface area contributed by atoms with Crippen molar-refractivity contribution >= 4 is 23.7 Å². The average molecular weight is 312 g/mol. The first-order valence-electron chi connectivity index (χ1n) is 6.67. The standard InChI is InChI=1S/C15H20O5S/c1-3-20-15(18)9-13(8-14(16)17)21-10-11-4-6-12(19-2)7-5-11/h4-7,13H,3,8-10H2,1-2H3,(H,16,17)/t13-/m1/s1. The van der Waals surface area contributed by atoms with Gasteiger partial charge in [-0.1, -0.05) is 12.1 Å². The number of carboxylic acid groups (broad SMARTS) is 1. The van der Waals surface area contributed by atoms with Crippen LogP contribution in [0.4, 0.5) is 0 Å². The van der Waals surface area contributed by atoms with Gasteiger partial charge < -0.3 is 14.6 Å². The molecule has 0 unspecified atom stereocenters. The first-order valence-corrected chi connectivity index (χ1v) is 7.72. The lowest BCUT2D eigenvalue weighted by molar-refractivity contribution is -0.143. The van der Waals surface area contributed by atoms with Gasteiger partial charge in [0, 0.05) is 11.0 Å². The van der Waals surface area contributed by atoms with Crippen LogP contribution in [0.1, 0.15) is 25.3 Å². The summed E-state index contributed by atoms with van der Waals surface area (Å²) in [5.74, 6) is 0.149. The molecule has 0 aliphatic carbocycles. The van der Waals surface area contributed by atoms with Gasteiger partial charge in [-0.05, 0) is 24.6 Å². The average Bonchev–Trinajstić information content (AvgIpc) is 2.45. The van der Waals surface area contributed by atoms with E-state index >= 15 is 0 Å². The number of thioether (sulfide) groups is 1. The molecule has 0 aromatic heterocycles. The van der Waals surface area contributed by atoms with Crippen LogP contribution in [0.15, 0.2) is 24.3 Å². The Hall–Kier alpha value is -1.69. The Kier molecular flexibility index (Phi) is 7.68. The third-order valence-electron chi connectivity index (χ3n) is 2.75. The lowest BCUT2D eigenvalue weighted by Gasteiger charge is -2.14. The van der Waals surface area contributed by atoms with E-state index in [-0.39, 0.29) is 24.1 Å². The highest BCUT2D eigenvalue weighted by atomic mass is 32.2. The largest absolute Gasteiger partial charge is 0.497 e. The summed E-state index contributed by atoms with van der Waals surface area (Å²) < 4.78 is 9.96. The molecule has 0 amide bonds. The predicted molar refractivity (Wildman–Crippen MR) is 81.6 cm³/mol. The van der Waals surface area contributed by atoms with Gasteiger partial charge in [0.25, 0.3) is 0 Å². The Morgan fingerprint density at radius 1 is 1.24 bits per heavy atom. The zero-order chi connectivity index (χ0) is 15.7. The zero-order valence-corrected chi connectivity index (χ0v) is 13.0. The van der Waals surface area contributed by atoms with Crippen LogP contribution in [0.25, 0.3) is 0 Å². The molecule has 0 saturated heterocycles. The molecule has 0 aliphatic rings. The summed E-state index contributed by atoms with van der Waals surface area (Å²) in [6.07, 6.45) is 0.0561. The molecule has 21 heavy (non-hydrogen) atoms. The van der Waals surface area contributed by atoms with Crippen LogP contribution in [-0.4, -0.2) is 36.0 Å². The number of aliphatic carboxylic acids is 1. The Morgan fingerprint density at radius 2 is 1.90 bits per heavy atom. The van der Waals surface area contributed by atoms with Gasteiger partial charge >= 0.3 is 11.9 Å². The molecule has 0 spiro atoms. The summed E-state index contributed by atoms with van der Waals surface area (Å²) in [6, 6.07) is 7.56. The van der Waals surface area contributed by atoms with Crippen molar-refractivity contribution in [3.05, 3.63) is 29.8 Å². The van der Waals surface area contributed by atoms with E-state index in [9.17, 15) is 9.59 Å². The lowest BCUT2D eigenvalue weighted by Crippen LogP contribution is -2.17. The summed E-state index contributed by atoms with van der Waals surface area (Å²) in [4.78, 5) is 22.3. The summed E-state index contributed by atoms with van der Waals surface area (Å²) >= 11 is 1.45. The maximum atomic E-state index is 11.5. The fraction of sp³-hybridized carbons (Fsp3) is 0.467. The zero-order valence-electron chi connectivity index (χ0n) is 12.2. The van der Waals surface area contributed by atoms with Crippen molar-refractivity contribution < 1.29 is 24.2 Å². The highest BCUT2D eigenvalue weighted by Gasteiger charge is 2.18. The Balaban J connectivity index is 2.54. The van der Waals surface area contributed by atoms with Crippen molar-refractivity contribution in [2.24, 2.45) is 0 Å².